The first-order valence-corrected chi connectivity index (χ1v) is 6.39. The number of rotatable bonds is 8. The molecule has 0 radical (unpaired) electrons. The molecule has 0 heterocycles. The quantitative estimate of drug-likeness (QED) is 0.293. The Morgan fingerprint density at radius 2 is 1.09 bits per heavy atom. The van der Waals surface area contributed by atoms with Gasteiger partial charge in [0, 0.05) is 24.0 Å². The van der Waals surface area contributed by atoms with Crippen LogP contribution in [0.1, 0.15) is 26.7 Å². The Bertz CT molecular complexity index is 455. The van der Waals surface area contributed by atoms with E-state index >= 15 is 0 Å². The van der Waals surface area contributed by atoms with Crippen LogP contribution in [0.4, 0.5) is 0 Å². The van der Waals surface area contributed by atoms with Crippen LogP contribution < -0.4 is 0 Å². The zero-order valence-electron chi connectivity index (χ0n) is 12.3. The maximum Gasteiger partial charge on any atom is 0.417 e. The van der Waals surface area contributed by atoms with Crippen molar-refractivity contribution in [2.24, 2.45) is 0 Å². The summed E-state index contributed by atoms with van der Waals surface area (Å²) in [5, 5.41) is 17.2. The standard InChI is InChI=1S/C14H18O8/c1-9(11(15)16)5-3-7-21-13(19)14(20)22-8-4-6-10(2)12(17)18/h5-6H,3-4,7-8H2,1-2H3,(H,15,16)(H,17,18). The van der Waals surface area contributed by atoms with Crippen LogP contribution in [0, 0.1) is 0 Å². The van der Waals surface area contributed by atoms with Gasteiger partial charge in [-0.05, 0) is 13.8 Å². The second-order valence-electron chi connectivity index (χ2n) is 4.23. The van der Waals surface area contributed by atoms with Crippen LogP contribution in [0.2, 0.25) is 0 Å². The van der Waals surface area contributed by atoms with Crippen LogP contribution in [0.3, 0.4) is 0 Å². The van der Waals surface area contributed by atoms with E-state index in [4.69, 9.17) is 10.2 Å². The number of hydrogen-bond acceptors (Lipinski definition) is 6. The molecule has 0 unspecified atom stereocenters. The van der Waals surface area contributed by atoms with Gasteiger partial charge in [0.1, 0.15) is 0 Å². The van der Waals surface area contributed by atoms with Crippen molar-refractivity contribution in [3.8, 4) is 0 Å². The van der Waals surface area contributed by atoms with Crippen molar-refractivity contribution in [2.45, 2.75) is 26.7 Å². The van der Waals surface area contributed by atoms with Crippen LogP contribution in [0.25, 0.3) is 0 Å². The van der Waals surface area contributed by atoms with Gasteiger partial charge in [-0.15, -0.1) is 0 Å². The molecule has 0 fully saturated rings. The highest BCUT2D eigenvalue weighted by molar-refractivity contribution is 6.29. The Morgan fingerprint density at radius 1 is 0.773 bits per heavy atom. The van der Waals surface area contributed by atoms with Gasteiger partial charge in [0.2, 0.25) is 0 Å². The smallest absolute Gasteiger partial charge is 0.417 e. The van der Waals surface area contributed by atoms with Crippen molar-refractivity contribution in [1.29, 1.82) is 0 Å². The molecular weight excluding hydrogens is 296 g/mol. The normalized spacial score (nSPS) is 11.7. The number of carbonyl (C=O) groups excluding carboxylic acids is 2. The van der Waals surface area contributed by atoms with Crippen molar-refractivity contribution in [2.75, 3.05) is 13.2 Å². The molecule has 8 nitrogen and oxygen atoms in total. The molecule has 0 aliphatic rings. The maximum absolute atomic E-state index is 11.2. The minimum Gasteiger partial charge on any atom is -0.478 e. The Morgan fingerprint density at radius 3 is 1.36 bits per heavy atom. The summed E-state index contributed by atoms with van der Waals surface area (Å²) in [7, 11) is 0. The molecule has 0 bridgehead atoms. The highest BCUT2D eigenvalue weighted by Gasteiger charge is 2.16. The summed E-state index contributed by atoms with van der Waals surface area (Å²) < 4.78 is 9.18. The van der Waals surface area contributed by atoms with E-state index in [9.17, 15) is 19.2 Å². The number of carboxylic acid groups (broad SMARTS) is 2. The maximum atomic E-state index is 11.2. The van der Waals surface area contributed by atoms with Gasteiger partial charge in [-0.3, -0.25) is 0 Å². The summed E-state index contributed by atoms with van der Waals surface area (Å²) in [6.45, 7) is 2.50. The number of hydrogen-bond donors (Lipinski definition) is 2. The van der Waals surface area contributed by atoms with Crippen molar-refractivity contribution >= 4 is 23.9 Å². The van der Waals surface area contributed by atoms with Crippen molar-refractivity contribution in [1.82, 2.24) is 0 Å². The molecular formula is C14H18O8. The Hall–Kier alpha value is -2.64. The first kappa shape index (κ1) is 19.4. The molecule has 22 heavy (non-hydrogen) atoms. The second kappa shape index (κ2) is 10.1. The predicted octanol–water partition coefficient (Wildman–Crippen LogP) is 0.915. The SMILES string of the molecule is CC(=CCCOC(=O)C(=O)OCCC=C(C)C(=O)O)C(=O)O. The molecule has 122 valence electrons. The third-order valence-corrected chi connectivity index (χ3v) is 2.44. The van der Waals surface area contributed by atoms with E-state index in [1.54, 1.807) is 0 Å². The summed E-state index contributed by atoms with van der Waals surface area (Å²) in [6, 6.07) is 0. The summed E-state index contributed by atoms with van der Waals surface area (Å²) >= 11 is 0. The first-order chi connectivity index (χ1) is 10.3. The van der Waals surface area contributed by atoms with Crippen LogP contribution in [0.15, 0.2) is 23.3 Å². The zero-order valence-corrected chi connectivity index (χ0v) is 12.3. The third-order valence-electron chi connectivity index (χ3n) is 2.44. The molecule has 0 aromatic heterocycles. The summed E-state index contributed by atoms with van der Waals surface area (Å²) in [4.78, 5) is 43.4. The van der Waals surface area contributed by atoms with Gasteiger partial charge < -0.3 is 19.7 Å². The van der Waals surface area contributed by atoms with E-state index < -0.39 is 23.9 Å². The minimum atomic E-state index is -1.18. The monoisotopic (exact) mass is 314 g/mol. The van der Waals surface area contributed by atoms with E-state index in [0.29, 0.717) is 0 Å². The fourth-order valence-corrected chi connectivity index (χ4v) is 1.15. The molecule has 0 saturated carbocycles. The molecule has 0 saturated heterocycles. The van der Waals surface area contributed by atoms with E-state index in [2.05, 4.69) is 9.47 Å². The zero-order chi connectivity index (χ0) is 17.1. The van der Waals surface area contributed by atoms with Gasteiger partial charge in [0.25, 0.3) is 0 Å². The number of carbonyl (C=O) groups is 4. The van der Waals surface area contributed by atoms with E-state index in [-0.39, 0.29) is 37.2 Å². The summed E-state index contributed by atoms with van der Waals surface area (Å²) in [5.41, 5.74) is 0.221. The van der Waals surface area contributed by atoms with Crippen molar-refractivity contribution in [3.05, 3.63) is 23.3 Å². The lowest BCUT2D eigenvalue weighted by atomic mass is 10.2. The fraction of sp³-hybridized carbons (Fsp3) is 0.429. The average Bonchev–Trinajstić information content (AvgIpc) is 2.46. The molecule has 0 aliphatic carbocycles. The Balaban J connectivity index is 3.97. The van der Waals surface area contributed by atoms with Gasteiger partial charge in [0.05, 0.1) is 13.2 Å². The van der Waals surface area contributed by atoms with Gasteiger partial charge in [-0.25, -0.2) is 19.2 Å². The van der Waals surface area contributed by atoms with Crippen LogP contribution >= 0.6 is 0 Å². The molecule has 2 N–H and O–H groups in total. The van der Waals surface area contributed by atoms with Gasteiger partial charge in [-0.2, -0.15) is 0 Å². The Labute approximate surface area is 127 Å². The number of esters is 2. The van der Waals surface area contributed by atoms with E-state index in [1.165, 1.54) is 26.0 Å². The molecule has 8 heteroatoms. The second-order valence-corrected chi connectivity index (χ2v) is 4.23. The number of aliphatic carboxylic acids is 2. The van der Waals surface area contributed by atoms with Gasteiger partial charge >= 0.3 is 23.9 Å². The minimum absolute atomic E-state index is 0.110. The van der Waals surface area contributed by atoms with E-state index in [0.717, 1.165) is 0 Å². The molecule has 0 amide bonds. The lowest BCUT2D eigenvalue weighted by molar-refractivity contribution is -0.167. The largest absolute Gasteiger partial charge is 0.478 e. The molecule has 0 rings (SSSR count). The van der Waals surface area contributed by atoms with Crippen molar-refractivity contribution < 1.29 is 38.9 Å². The summed E-state index contributed by atoms with van der Waals surface area (Å²) in [5.74, 6) is -4.51. The molecule has 0 aromatic rings. The number of ether oxygens (including phenoxy) is 2. The lowest BCUT2D eigenvalue weighted by Gasteiger charge is -2.04. The summed E-state index contributed by atoms with van der Waals surface area (Å²) in [6.07, 6.45) is 3.05. The van der Waals surface area contributed by atoms with Gasteiger partial charge in [0.15, 0.2) is 0 Å². The fourth-order valence-electron chi connectivity index (χ4n) is 1.15. The average molecular weight is 314 g/mol. The lowest BCUT2D eigenvalue weighted by Crippen LogP contribution is -2.21. The highest BCUT2D eigenvalue weighted by Crippen LogP contribution is 1.98. The molecule has 0 aliphatic heterocycles. The van der Waals surface area contributed by atoms with E-state index in [1.807, 2.05) is 0 Å². The Kier molecular flexibility index (Phi) is 8.92. The highest BCUT2D eigenvalue weighted by atomic mass is 16.6. The first-order valence-electron chi connectivity index (χ1n) is 6.39. The van der Waals surface area contributed by atoms with Crippen molar-refractivity contribution in [3.63, 3.8) is 0 Å². The molecule has 0 aromatic carbocycles. The molecule has 0 atom stereocenters. The van der Waals surface area contributed by atoms with Gasteiger partial charge in [-0.1, -0.05) is 12.2 Å². The van der Waals surface area contributed by atoms with Crippen LogP contribution in [-0.4, -0.2) is 47.3 Å². The van der Waals surface area contributed by atoms with Crippen LogP contribution in [0.5, 0.6) is 0 Å². The number of carboxylic acids is 2. The predicted molar refractivity (Wildman–Crippen MR) is 73.9 cm³/mol. The molecule has 0 spiro atoms. The topological polar surface area (TPSA) is 127 Å². The third kappa shape index (κ3) is 8.51. The van der Waals surface area contributed by atoms with Crippen LogP contribution in [-0.2, 0) is 28.7 Å².